The first-order valence-electron chi connectivity index (χ1n) is 6.65. The summed E-state index contributed by atoms with van der Waals surface area (Å²) in [5.41, 5.74) is 0.378. The van der Waals surface area contributed by atoms with Gasteiger partial charge < -0.3 is 4.40 Å². The summed E-state index contributed by atoms with van der Waals surface area (Å²) in [6.45, 7) is 0. The first-order chi connectivity index (χ1) is 10.4. The van der Waals surface area contributed by atoms with E-state index in [4.69, 9.17) is 11.6 Å². The van der Waals surface area contributed by atoms with Crippen LogP contribution < -0.4 is 0 Å². The van der Waals surface area contributed by atoms with E-state index in [1.54, 1.807) is 36.4 Å². The lowest BCUT2D eigenvalue weighted by Gasteiger charge is -2.13. The summed E-state index contributed by atoms with van der Waals surface area (Å²) < 4.78 is 41.8. The maximum atomic E-state index is 13.5. The molecule has 5 heteroatoms. The Morgan fingerprint density at radius 3 is 2.36 bits per heavy atom. The molecule has 0 aliphatic carbocycles. The molecule has 0 unspecified atom stereocenters. The molecule has 2 aromatic heterocycles. The van der Waals surface area contributed by atoms with Crippen molar-refractivity contribution in [3.05, 3.63) is 65.3 Å². The van der Waals surface area contributed by atoms with Gasteiger partial charge in [-0.1, -0.05) is 35.9 Å². The predicted octanol–water partition coefficient (Wildman–Crippen LogP) is 5.92. The Labute approximate surface area is 128 Å². The molecule has 22 heavy (non-hydrogen) atoms. The van der Waals surface area contributed by atoms with Crippen molar-refractivity contribution in [2.24, 2.45) is 0 Å². The monoisotopic (exact) mass is 319 g/mol. The lowest BCUT2D eigenvalue weighted by molar-refractivity contribution is -0.141. The van der Waals surface area contributed by atoms with Gasteiger partial charge in [0.2, 0.25) is 0 Å². The van der Waals surface area contributed by atoms with Crippen LogP contribution >= 0.6 is 11.6 Å². The first-order valence-corrected chi connectivity index (χ1v) is 7.02. The number of para-hydroxylation sites is 1. The number of benzene rings is 2. The van der Waals surface area contributed by atoms with Crippen molar-refractivity contribution >= 4 is 38.8 Å². The molecule has 2 heterocycles. The average molecular weight is 320 g/mol. The van der Waals surface area contributed by atoms with Crippen LogP contribution in [0.5, 0.6) is 0 Å². The van der Waals surface area contributed by atoms with Gasteiger partial charge in [0, 0.05) is 15.8 Å². The summed E-state index contributed by atoms with van der Waals surface area (Å²) in [4.78, 5) is 0. The van der Waals surface area contributed by atoms with E-state index in [0.717, 1.165) is 16.8 Å². The van der Waals surface area contributed by atoms with E-state index in [2.05, 4.69) is 0 Å². The second kappa shape index (κ2) is 4.40. The summed E-state index contributed by atoms with van der Waals surface area (Å²) in [6, 6.07) is 15.0. The number of aromatic nitrogens is 1. The Morgan fingerprint density at radius 2 is 1.59 bits per heavy atom. The molecule has 4 aromatic rings. The van der Waals surface area contributed by atoms with Crippen LogP contribution in [-0.4, -0.2) is 4.40 Å². The van der Waals surface area contributed by atoms with Gasteiger partial charge in [-0.25, -0.2) is 0 Å². The van der Waals surface area contributed by atoms with Crippen LogP contribution in [0.1, 0.15) is 5.69 Å². The summed E-state index contributed by atoms with van der Waals surface area (Å²) in [6.07, 6.45) is -4.45. The van der Waals surface area contributed by atoms with E-state index in [0.29, 0.717) is 21.4 Å². The summed E-state index contributed by atoms with van der Waals surface area (Å²) in [5.74, 6) is 0. The quantitative estimate of drug-likeness (QED) is 0.379. The molecule has 0 bridgehead atoms. The van der Waals surface area contributed by atoms with Crippen LogP contribution in [0.4, 0.5) is 13.2 Å². The Kier molecular flexibility index (Phi) is 2.69. The van der Waals surface area contributed by atoms with Crippen LogP contribution in [0.3, 0.4) is 0 Å². The van der Waals surface area contributed by atoms with Crippen molar-refractivity contribution in [2.75, 3.05) is 0 Å². The Hall–Kier alpha value is -2.20. The maximum Gasteiger partial charge on any atom is 0.431 e. The fourth-order valence-corrected chi connectivity index (χ4v) is 3.10. The third kappa shape index (κ3) is 1.87. The topological polar surface area (TPSA) is 4.41 Å². The van der Waals surface area contributed by atoms with E-state index in [9.17, 15) is 13.2 Å². The molecule has 0 saturated heterocycles. The molecule has 0 spiro atoms. The molecule has 0 aliphatic heterocycles. The molecule has 0 radical (unpaired) electrons. The van der Waals surface area contributed by atoms with Crippen LogP contribution in [0.2, 0.25) is 5.02 Å². The molecular weight excluding hydrogens is 311 g/mol. The normalized spacial score (nSPS) is 12.5. The number of hydrogen-bond donors (Lipinski definition) is 0. The second-order valence-electron chi connectivity index (χ2n) is 5.18. The zero-order chi connectivity index (χ0) is 15.5. The fourth-order valence-electron chi connectivity index (χ4n) is 2.92. The van der Waals surface area contributed by atoms with Gasteiger partial charge in [-0.05, 0) is 35.7 Å². The van der Waals surface area contributed by atoms with Crippen molar-refractivity contribution < 1.29 is 13.2 Å². The van der Waals surface area contributed by atoms with Gasteiger partial charge in [0.1, 0.15) is 5.69 Å². The number of halogens is 4. The predicted molar refractivity (Wildman–Crippen MR) is 82.4 cm³/mol. The van der Waals surface area contributed by atoms with Gasteiger partial charge in [0.25, 0.3) is 0 Å². The molecule has 1 nitrogen and oxygen atoms in total. The minimum Gasteiger partial charge on any atom is -0.305 e. The number of rotatable bonds is 0. The number of pyridine rings is 1. The lowest BCUT2D eigenvalue weighted by atomic mass is 10.1. The third-order valence-electron chi connectivity index (χ3n) is 3.82. The number of hydrogen-bond acceptors (Lipinski definition) is 0. The van der Waals surface area contributed by atoms with Gasteiger partial charge in [-0.2, -0.15) is 13.2 Å². The molecule has 4 rings (SSSR count). The zero-order valence-corrected chi connectivity index (χ0v) is 11.9. The molecule has 0 N–H and O–H groups in total. The van der Waals surface area contributed by atoms with Crippen molar-refractivity contribution in [3.63, 3.8) is 0 Å². The van der Waals surface area contributed by atoms with E-state index < -0.39 is 11.9 Å². The highest BCUT2D eigenvalue weighted by atomic mass is 35.5. The van der Waals surface area contributed by atoms with Gasteiger partial charge in [0.15, 0.2) is 0 Å². The van der Waals surface area contributed by atoms with Crippen molar-refractivity contribution in [1.29, 1.82) is 0 Å². The molecule has 0 fully saturated rings. The van der Waals surface area contributed by atoms with Crippen molar-refractivity contribution in [2.45, 2.75) is 6.18 Å². The number of nitrogens with zero attached hydrogens (tertiary/aromatic N) is 1. The molecule has 0 amide bonds. The van der Waals surface area contributed by atoms with Gasteiger partial charge in [0.05, 0.1) is 11.0 Å². The fraction of sp³-hybridized carbons (Fsp3) is 0.0588. The molecule has 110 valence electrons. The minimum absolute atomic E-state index is 0.418. The lowest BCUT2D eigenvalue weighted by Crippen LogP contribution is -2.11. The van der Waals surface area contributed by atoms with Crippen molar-refractivity contribution in [3.8, 4) is 0 Å². The van der Waals surface area contributed by atoms with Gasteiger partial charge >= 0.3 is 6.18 Å². The standard InChI is InChI=1S/C17H9ClF3N/c18-12-5-6-13-11(7-12)9-16(17(19,20)21)22-14-4-2-1-3-10(14)8-15(13)22/h1-9H. The largest absolute Gasteiger partial charge is 0.431 e. The molecule has 0 atom stereocenters. The summed E-state index contributed by atoms with van der Waals surface area (Å²) >= 11 is 5.93. The number of alkyl halides is 3. The summed E-state index contributed by atoms with van der Waals surface area (Å²) in [7, 11) is 0. The van der Waals surface area contributed by atoms with E-state index in [-0.39, 0.29) is 0 Å². The minimum atomic E-state index is -4.45. The second-order valence-corrected chi connectivity index (χ2v) is 5.62. The van der Waals surface area contributed by atoms with Crippen molar-refractivity contribution in [1.82, 2.24) is 4.40 Å². The van der Waals surface area contributed by atoms with E-state index in [1.807, 2.05) is 12.1 Å². The van der Waals surface area contributed by atoms with Crippen LogP contribution in [-0.2, 0) is 6.18 Å². The van der Waals surface area contributed by atoms with Crippen LogP contribution in [0.25, 0.3) is 27.2 Å². The van der Waals surface area contributed by atoms with Crippen LogP contribution in [0.15, 0.2) is 54.6 Å². The maximum absolute atomic E-state index is 13.5. The van der Waals surface area contributed by atoms with E-state index in [1.165, 1.54) is 4.40 Å². The highest BCUT2D eigenvalue weighted by Crippen LogP contribution is 2.37. The van der Waals surface area contributed by atoms with E-state index >= 15 is 0 Å². The van der Waals surface area contributed by atoms with Crippen LogP contribution in [0, 0.1) is 0 Å². The van der Waals surface area contributed by atoms with Gasteiger partial charge in [-0.3, -0.25) is 0 Å². The number of fused-ring (bicyclic) bond motifs is 5. The molecular formula is C17H9ClF3N. The molecule has 0 aliphatic rings. The van der Waals surface area contributed by atoms with Gasteiger partial charge in [-0.15, -0.1) is 0 Å². The molecule has 2 aromatic carbocycles. The highest BCUT2D eigenvalue weighted by Gasteiger charge is 2.34. The summed E-state index contributed by atoms with van der Waals surface area (Å²) in [5, 5.41) is 2.42. The smallest absolute Gasteiger partial charge is 0.305 e. The Balaban J connectivity index is 2.31. The zero-order valence-electron chi connectivity index (χ0n) is 11.2. The first kappa shape index (κ1) is 13.5. The Morgan fingerprint density at radius 1 is 0.818 bits per heavy atom. The highest BCUT2D eigenvalue weighted by molar-refractivity contribution is 6.31. The average Bonchev–Trinajstić information content (AvgIpc) is 2.84. The molecule has 0 saturated carbocycles. The SMILES string of the molecule is FC(F)(F)c1cc2cc(Cl)ccc2c2cc3ccccc3n12. The third-order valence-corrected chi connectivity index (χ3v) is 4.06. The Bertz CT molecular complexity index is 1030.